The van der Waals surface area contributed by atoms with E-state index < -0.39 is 21.8 Å². The van der Waals surface area contributed by atoms with Crippen LogP contribution in [0.5, 0.6) is 0 Å². The van der Waals surface area contributed by atoms with Crippen molar-refractivity contribution in [2.24, 2.45) is 0 Å². The third kappa shape index (κ3) is 4.49. The van der Waals surface area contributed by atoms with Gasteiger partial charge in [-0.2, -0.15) is 5.10 Å². The normalized spacial score (nSPS) is 12.6. The lowest BCUT2D eigenvalue weighted by Crippen LogP contribution is -2.27. The van der Waals surface area contributed by atoms with Gasteiger partial charge in [0.25, 0.3) is 5.91 Å². The summed E-state index contributed by atoms with van der Waals surface area (Å²) in [4.78, 5) is 12.7. The zero-order chi connectivity index (χ0) is 21.3. The van der Waals surface area contributed by atoms with Gasteiger partial charge in [0.1, 0.15) is 5.82 Å². The molecular formula is C20H19ClFN3O3S. The molecule has 0 spiro atoms. The van der Waals surface area contributed by atoms with Crippen molar-refractivity contribution in [1.29, 1.82) is 0 Å². The first-order chi connectivity index (χ1) is 13.6. The number of sulfone groups is 1. The van der Waals surface area contributed by atoms with E-state index in [1.165, 1.54) is 30.3 Å². The van der Waals surface area contributed by atoms with Crippen LogP contribution >= 0.6 is 11.6 Å². The monoisotopic (exact) mass is 435 g/mol. The maximum Gasteiger partial charge on any atom is 0.253 e. The highest BCUT2D eigenvalue weighted by Crippen LogP contribution is 2.24. The number of benzene rings is 2. The van der Waals surface area contributed by atoms with E-state index in [9.17, 15) is 17.6 Å². The maximum atomic E-state index is 13.2. The number of rotatable bonds is 5. The Morgan fingerprint density at radius 1 is 1.21 bits per heavy atom. The molecule has 6 nitrogen and oxygen atoms in total. The van der Waals surface area contributed by atoms with Crippen molar-refractivity contribution in [2.75, 3.05) is 6.26 Å². The van der Waals surface area contributed by atoms with E-state index in [0.717, 1.165) is 17.5 Å². The maximum absolute atomic E-state index is 13.2. The fourth-order valence-corrected chi connectivity index (χ4v) is 3.80. The molecule has 1 atom stereocenters. The summed E-state index contributed by atoms with van der Waals surface area (Å²) in [7, 11) is -3.47. The zero-order valence-corrected chi connectivity index (χ0v) is 17.6. The van der Waals surface area contributed by atoms with Crippen LogP contribution in [-0.4, -0.2) is 30.4 Å². The number of halogens is 2. The fourth-order valence-electron chi connectivity index (χ4n) is 2.95. The Labute approximate surface area is 173 Å². The Hall–Kier alpha value is -2.71. The Balaban J connectivity index is 1.85. The van der Waals surface area contributed by atoms with Gasteiger partial charge in [0.2, 0.25) is 0 Å². The molecule has 0 saturated carbocycles. The topological polar surface area (TPSA) is 81.1 Å². The summed E-state index contributed by atoms with van der Waals surface area (Å²) in [6.45, 7) is 3.62. The Morgan fingerprint density at radius 2 is 1.86 bits per heavy atom. The zero-order valence-electron chi connectivity index (χ0n) is 16.0. The summed E-state index contributed by atoms with van der Waals surface area (Å²) in [6.07, 6.45) is 2.69. The molecule has 0 aliphatic heterocycles. The van der Waals surface area contributed by atoms with Crippen LogP contribution in [0.4, 0.5) is 4.39 Å². The van der Waals surface area contributed by atoms with Crippen LogP contribution in [0.3, 0.4) is 0 Å². The SMILES string of the molecule is Cc1c(C(C)NC(=O)c2cc(S(C)(=O)=O)ccc2Cl)cnn1-c1ccc(F)cc1. The molecule has 0 radical (unpaired) electrons. The number of aromatic nitrogens is 2. The number of hydrogen-bond donors (Lipinski definition) is 1. The van der Waals surface area contributed by atoms with E-state index in [2.05, 4.69) is 10.4 Å². The minimum atomic E-state index is -3.47. The first-order valence-electron chi connectivity index (χ1n) is 8.69. The largest absolute Gasteiger partial charge is 0.345 e. The molecule has 1 heterocycles. The molecule has 2 aromatic carbocycles. The van der Waals surface area contributed by atoms with E-state index in [1.54, 1.807) is 29.9 Å². The third-order valence-corrected chi connectivity index (χ3v) is 5.98. The molecule has 152 valence electrons. The van der Waals surface area contributed by atoms with Crippen molar-refractivity contribution >= 4 is 27.3 Å². The molecule has 9 heteroatoms. The summed E-state index contributed by atoms with van der Waals surface area (Å²) >= 11 is 6.10. The molecule has 0 saturated heterocycles. The van der Waals surface area contributed by atoms with E-state index >= 15 is 0 Å². The molecule has 0 fully saturated rings. The van der Waals surface area contributed by atoms with Gasteiger partial charge >= 0.3 is 0 Å². The quantitative estimate of drug-likeness (QED) is 0.659. The highest BCUT2D eigenvalue weighted by Gasteiger charge is 2.20. The molecular weight excluding hydrogens is 417 g/mol. The van der Waals surface area contributed by atoms with Crippen molar-refractivity contribution in [3.05, 3.63) is 76.3 Å². The molecule has 3 rings (SSSR count). The number of nitrogens with one attached hydrogen (secondary N) is 1. The average molecular weight is 436 g/mol. The predicted octanol–water partition coefficient (Wildman–Crippen LogP) is 3.87. The van der Waals surface area contributed by atoms with Gasteiger partial charge in [-0.3, -0.25) is 4.79 Å². The molecule has 1 aromatic heterocycles. The molecule has 29 heavy (non-hydrogen) atoms. The number of nitrogens with zero attached hydrogens (tertiary/aromatic N) is 2. The van der Waals surface area contributed by atoms with Gasteiger partial charge in [-0.15, -0.1) is 0 Å². The van der Waals surface area contributed by atoms with E-state index in [4.69, 9.17) is 11.6 Å². The van der Waals surface area contributed by atoms with Gasteiger partial charge in [-0.1, -0.05) is 11.6 Å². The van der Waals surface area contributed by atoms with Crippen molar-refractivity contribution in [1.82, 2.24) is 15.1 Å². The Kier molecular flexibility index (Phi) is 5.77. The molecule has 1 amide bonds. The van der Waals surface area contributed by atoms with Gasteiger partial charge in [0, 0.05) is 17.5 Å². The van der Waals surface area contributed by atoms with Crippen LogP contribution in [0.25, 0.3) is 5.69 Å². The Bertz CT molecular complexity index is 1170. The molecule has 3 aromatic rings. The Morgan fingerprint density at radius 3 is 2.48 bits per heavy atom. The van der Waals surface area contributed by atoms with Gasteiger partial charge in [-0.05, 0) is 56.3 Å². The summed E-state index contributed by atoms with van der Waals surface area (Å²) < 4.78 is 38.3. The van der Waals surface area contributed by atoms with Crippen LogP contribution in [0.2, 0.25) is 5.02 Å². The van der Waals surface area contributed by atoms with E-state index in [-0.39, 0.29) is 21.3 Å². The number of hydrogen-bond acceptors (Lipinski definition) is 4. The average Bonchev–Trinajstić information content (AvgIpc) is 3.03. The summed E-state index contributed by atoms with van der Waals surface area (Å²) in [5.41, 5.74) is 2.31. The van der Waals surface area contributed by atoms with Crippen LogP contribution in [0, 0.1) is 12.7 Å². The lowest BCUT2D eigenvalue weighted by molar-refractivity contribution is 0.0939. The first-order valence-corrected chi connectivity index (χ1v) is 11.0. The second-order valence-electron chi connectivity index (χ2n) is 6.68. The first kappa shape index (κ1) is 21.0. The lowest BCUT2D eigenvalue weighted by atomic mass is 10.1. The third-order valence-electron chi connectivity index (χ3n) is 4.54. The van der Waals surface area contributed by atoms with E-state index in [0.29, 0.717) is 5.69 Å². The molecule has 1 unspecified atom stereocenters. The van der Waals surface area contributed by atoms with Gasteiger partial charge in [-0.25, -0.2) is 17.5 Å². The summed E-state index contributed by atoms with van der Waals surface area (Å²) in [5, 5.41) is 7.29. The van der Waals surface area contributed by atoms with Crippen LogP contribution in [0.15, 0.2) is 53.6 Å². The minimum absolute atomic E-state index is 0.0139. The number of carbonyl (C=O) groups excluding carboxylic acids is 1. The van der Waals surface area contributed by atoms with Gasteiger partial charge in [0.15, 0.2) is 9.84 Å². The van der Waals surface area contributed by atoms with Crippen molar-refractivity contribution in [3.63, 3.8) is 0 Å². The standard InChI is InChI=1S/C20H19ClFN3O3S/c1-12(18-11-23-25(13(18)2)15-6-4-14(22)5-7-15)24-20(26)17-10-16(29(3,27)28)8-9-19(17)21/h4-12H,1-3H3,(H,24,26). The summed E-state index contributed by atoms with van der Waals surface area (Å²) in [6, 6.07) is 9.49. The predicted molar refractivity (Wildman–Crippen MR) is 109 cm³/mol. The molecule has 0 aliphatic carbocycles. The van der Waals surface area contributed by atoms with Crippen molar-refractivity contribution < 1.29 is 17.6 Å². The number of amides is 1. The van der Waals surface area contributed by atoms with E-state index in [1.807, 2.05) is 6.92 Å². The second kappa shape index (κ2) is 7.96. The summed E-state index contributed by atoms with van der Waals surface area (Å²) in [5.74, 6) is -0.838. The van der Waals surface area contributed by atoms with Crippen LogP contribution < -0.4 is 5.32 Å². The van der Waals surface area contributed by atoms with Crippen molar-refractivity contribution in [2.45, 2.75) is 24.8 Å². The van der Waals surface area contributed by atoms with Crippen molar-refractivity contribution in [3.8, 4) is 5.69 Å². The smallest absolute Gasteiger partial charge is 0.253 e. The second-order valence-corrected chi connectivity index (χ2v) is 9.11. The molecule has 0 aliphatic rings. The number of carbonyl (C=O) groups is 1. The van der Waals surface area contributed by atoms with Crippen LogP contribution in [-0.2, 0) is 9.84 Å². The molecule has 1 N–H and O–H groups in total. The highest BCUT2D eigenvalue weighted by atomic mass is 35.5. The minimum Gasteiger partial charge on any atom is -0.345 e. The van der Waals surface area contributed by atoms with Crippen LogP contribution in [0.1, 0.15) is 34.6 Å². The van der Waals surface area contributed by atoms with Gasteiger partial charge in [0.05, 0.1) is 33.4 Å². The van der Waals surface area contributed by atoms with Gasteiger partial charge < -0.3 is 5.32 Å². The highest BCUT2D eigenvalue weighted by molar-refractivity contribution is 7.90. The fraction of sp³-hybridized carbons (Fsp3) is 0.200. The lowest BCUT2D eigenvalue weighted by Gasteiger charge is -2.15. The molecule has 0 bridgehead atoms.